The number of nitrogens with one attached hydrogen (secondary N) is 1. The first kappa shape index (κ1) is 24.3. The van der Waals surface area contributed by atoms with E-state index < -0.39 is 27.9 Å². The Morgan fingerprint density at radius 3 is 2.47 bits per heavy atom. The number of carbonyl (C=O) groups is 2. The smallest absolute Gasteiger partial charge is 0.341 e. The summed E-state index contributed by atoms with van der Waals surface area (Å²) in [6, 6.07) is 4.37. The highest BCUT2D eigenvalue weighted by Gasteiger charge is 2.34. The van der Waals surface area contributed by atoms with Crippen molar-refractivity contribution in [1.82, 2.24) is 0 Å². The van der Waals surface area contributed by atoms with Crippen LogP contribution < -0.4 is 9.62 Å². The number of hydrogen-bond acceptors (Lipinski definition) is 6. The van der Waals surface area contributed by atoms with Gasteiger partial charge in [0.1, 0.15) is 11.0 Å². The maximum Gasteiger partial charge on any atom is 0.341 e. The van der Waals surface area contributed by atoms with Crippen molar-refractivity contribution in [1.29, 1.82) is 0 Å². The molecule has 0 spiro atoms. The van der Waals surface area contributed by atoms with Crippen LogP contribution in [0.4, 0.5) is 10.7 Å². The Morgan fingerprint density at radius 2 is 1.88 bits per heavy atom. The van der Waals surface area contributed by atoms with E-state index in [0.717, 1.165) is 53.5 Å². The van der Waals surface area contributed by atoms with Crippen molar-refractivity contribution in [2.24, 2.45) is 0 Å². The first-order chi connectivity index (χ1) is 15.1. The molecular weight excluding hydrogens is 448 g/mol. The zero-order chi connectivity index (χ0) is 23.6. The van der Waals surface area contributed by atoms with Crippen LogP contribution in [0.1, 0.15) is 58.1 Å². The number of esters is 1. The molecule has 0 aliphatic heterocycles. The number of nitrogens with zero attached hydrogens (tertiary/aromatic N) is 1. The van der Waals surface area contributed by atoms with Gasteiger partial charge in [-0.25, -0.2) is 13.2 Å². The van der Waals surface area contributed by atoms with Crippen LogP contribution in [-0.4, -0.2) is 39.7 Å². The maximum absolute atomic E-state index is 13.4. The number of thiophene rings is 1. The van der Waals surface area contributed by atoms with Gasteiger partial charge in [0.05, 0.1) is 24.6 Å². The van der Waals surface area contributed by atoms with E-state index in [9.17, 15) is 18.0 Å². The normalized spacial score (nSPS) is 14.4. The Morgan fingerprint density at radius 1 is 1.19 bits per heavy atom. The number of aryl methyl sites for hydroxylation is 3. The van der Waals surface area contributed by atoms with Crippen molar-refractivity contribution in [2.45, 2.75) is 58.9 Å². The molecule has 0 unspecified atom stereocenters. The maximum atomic E-state index is 13.4. The lowest BCUT2D eigenvalue weighted by Crippen LogP contribution is -2.47. The zero-order valence-corrected chi connectivity index (χ0v) is 20.8. The number of rotatable bonds is 7. The lowest BCUT2D eigenvalue weighted by atomic mass is 9.95. The average molecular weight is 479 g/mol. The minimum Gasteiger partial charge on any atom is -0.465 e. The lowest BCUT2D eigenvalue weighted by molar-refractivity contribution is -0.117. The summed E-state index contributed by atoms with van der Waals surface area (Å²) in [5.41, 5.74) is 3.74. The van der Waals surface area contributed by atoms with Crippen LogP contribution in [0.3, 0.4) is 0 Å². The first-order valence-corrected chi connectivity index (χ1v) is 13.3. The Hall–Kier alpha value is -2.39. The van der Waals surface area contributed by atoms with Crippen LogP contribution in [-0.2, 0) is 32.4 Å². The van der Waals surface area contributed by atoms with Gasteiger partial charge in [0.25, 0.3) is 0 Å². The van der Waals surface area contributed by atoms with Gasteiger partial charge < -0.3 is 10.1 Å². The van der Waals surface area contributed by atoms with Crippen LogP contribution in [0, 0.1) is 13.8 Å². The molecule has 1 amide bonds. The Kier molecular flexibility index (Phi) is 7.29. The monoisotopic (exact) mass is 478 g/mol. The highest BCUT2D eigenvalue weighted by molar-refractivity contribution is 7.92. The van der Waals surface area contributed by atoms with Gasteiger partial charge in [-0.3, -0.25) is 9.10 Å². The molecule has 0 bridgehead atoms. The van der Waals surface area contributed by atoms with Crippen molar-refractivity contribution in [3.63, 3.8) is 0 Å². The second-order valence-corrected chi connectivity index (χ2v) is 11.1. The second kappa shape index (κ2) is 9.62. The topological polar surface area (TPSA) is 92.8 Å². The van der Waals surface area contributed by atoms with E-state index in [0.29, 0.717) is 16.3 Å². The van der Waals surface area contributed by atoms with Gasteiger partial charge in [0, 0.05) is 4.88 Å². The van der Waals surface area contributed by atoms with E-state index in [2.05, 4.69) is 5.32 Å². The van der Waals surface area contributed by atoms with Gasteiger partial charge in [-0.2, -0.15) is 0 Å². The number of hydrogen-bond donors (Lipinski definition) is 1. The van der Waals surface area contributed by atoms with Gasteiger partial charge in [0.2, 0.25) is 15.9 Å². The number of ether oxygens (including phenoxy) is 1. The molecule has 1 aliphatic rings. The molecule has 1 atom stereocenters. The Balaban J connectivity index is 2.00. The number of fused-ring (bicyclic) bond motifs is 1. The van der Waals surface area contributed by atoms with Gasteiger partial charge in [-0.15, -0.1) is 11.3 Å². The van der Waals surface area contributed by atoms with E-state index in [1.807, 2.05) is 19.9 Å². The third-order valence-electron chi connectivity index (χ3n) is 5.87. The van der Waals surface area contributed by atoms with Gasteiger partial charge in [-0.1, -0.05) is 13.0 Å². The number of carbonyl (C=O) groups excluding carboxylic acids is 2. The quantitative estimate of drug-likeness (QED) is 0.602. The summed E-state index contributed by atoms with van der Waals surface area (Å²) in [5, 5.41) is 3.29. The van der Waals surface area contributed by atoms with Gasteiger partial charge >= 0.3 is 5.97 Å². The highest BCUT2D eigenvalue weighted by Crippen LogP contribution is 2.39. The summed E-state index contributed by atoms with van der Waals surface area (Å²) < 4.78 is 31.6. The van der Waals surface area contributed by atoms with Crippen molar-refractivity contribution < 1.29 is 22.7 Å². The molecule has 2 aromatic rings. The van der Waals surface area contributed by atoms with Crippen molar-refractivity contribution in [3.8, 4) is 0 Å². The fourth-order valence-electron chi connectivity index (χ4n) is 4.09. The van der Waals surface area contributed by atoms with E-state index in [1.54, 1.807) is 19.1 Å². The predicted octanol–water partition coefficient (Wildman–Crippen LogP) is 4.21. The molecule has 7 nitrogen and oxygen atoms in total. The molecule has 3 rings (SSSR count). The van der Waals surface area contributed by atoms with Crippen LogP contribution in [0.5, 0.6) is 0 Å². The Bertz CT molecular complexity index is 1140. The van der Waals surface area contributed by atoms with E-state index in [4.69, 9.17) is 4.74 Å². The second-order valence-electron chi connectivity index (χ2n) is 8.15. The molecule has 1 heterocycles. The van der Waals surface area contributed by atoms with Crippen molar-refractivity contribution >= 4 is 43.9 Å². The molecule has 174 valence electrons. The lowest BCUT2D eigenvalue weighted by Gasteiger charge is -2.30. The molecule has 0 radical (unpaired) electrons. The highest BCUT2D eigenvalue weighted by atomic mass is 32.2. The van der Waals surface area contributed by atoms with Crippen LogP contribution in [0.2, 0.25) is 0 Å². The summed E-state index contributed by atoms with van der Waals surface area (Å²) in [4.78, 5) is 26.9. The fraction of sp³-hybridized carbons (Fsp3) is 0.478. The zero-order valence-electron chi connectivity index (χ0n) is 19.1. The van der Waals surface area contributed by atoms with Crippen molar-refractivity contribution in [3.05, 3.63) is 45.3 Å². The average Bonchev–Trinajstić information content (AvgIpc) is 3.10. The SMILES string of the molecule is CC[C@H](C(=O)Nc1sc2c(c1C(=O)OC)CCCC2)N(c1ccc(C)c(C)c1)S(C)(=O)=O. The number of anilines is 2. The summed E-state index contributed by atoms with van der Waals surface area (Å²) in [7, 11) is -2.43. The third-order valence-corrected chi connectivity index (χ3v) is 8.26. The molecule has 0 fully saturated rings. The van der Waals surface area contributed by atoms with Crippen LogP contribution in [0.25, 0.3) is 0 Å². The predicted molar refractivity (Wildman–Crippen MR) is 128 cm³/mol. The molecular formula is C23H30N2O5S2. The standard InChI is InChI=1S/C23H30N2O5S2/c1-6-18(25(32(5,28)29)16-12-11-14(2)15(3)13-16)21(26)24-22-20(23(27)30-4)17-9-7-8-10-19(17)31-22/h11-13,18H,6-10H2,1-5H3,(H,24,26)/t18-/m1/s1. The summed E-state index contributed by atoms with van der Waals surface area (Å²) in [6.45, 7) is 5.62. The third kappa shape index (κ3) is 4.83. The van der Waals surface area contributed by atoms with Crippen LogP contribution in [0.15, 0.2) is 18.2 Å². The largest absolute Gasteiger partial charge is 0.465 e. The minimum absolute atomic E-state index is 0.268. The number of amides is 1. The van der Waals surface area contributed by atoms with Gasteiger partial charge in [-0.05, 0) is 74.8 Å². The minimum atomic E-state index is -3.75. The molecule has 1 aromatic heterocycles. The molecule has 1 N–H and O–H groups in total. The number of methoxy groups -OCH3 is 1. The molecule has 0 saturated carbocycles. The Labute approximate surface area is 193 Å². The molecule has 0 saturated heterocycles. The van der Waals surface area contributed by atoms with E-state index in [1.165, 1.54) is 22.8 Å². The van der Waals surface area contributed by atoms with E-state index in [-0.39, 0.29) is 6.42 Å². The number of benzene rings is 1. The molecule has 9 heteroatoms. The molecule has 1 aromatic carbocycles. The fourth-order valence-corrected chi connectivity index (χ4v) is 6.57. The summed E-state index contributed by atoms with van der Waals surface area (Å²) in [5.74, 6) is -0.957. The molecule has 1 aliphatic carbocycles. The van der Waals surface area contributed by atoms with E-state index >= 15 is 0 Å². The van der Waals surface area contributed by atoms with Crippen LogP contribution >= 0.6 is 11.3 Å². The van der Waals surface area contributed by atoms with Crippen molar-refractivity contribution in [2.75, 3.05) is 23.0 Å². The molecule has 32 heavy (non-hydrogen) atoms. The summed E-state index contributed by atoms with van der Waals surface area (Å²) in [6.07, 6.45) is 5.00. The first-order valence-electron chi connectivity index (χ1n) is 10.7. The van der Waals surface area contributed by atoms with Gasteiger partial charge in [0.15, 0.2) is 0 Å². The summed E-state index contributed by atoms with van der Waals surface area (Å²) >= 11 is 1.38. The number of sulfonamides is 1.